The number of hydrogen-bond acceptors (Lipinski definition) is 3. The van der Waals surface area contributed by atoms with Crippen LogP contribution in [0.2, 0.25) is 0 Å². The Hall–Kier alpha value is -1.36. The maximum Gasteiger partial charge on any atom is 0.329 e. The molecule has 2 N–H and O–H groups in total. The molecule has 1 amide bonds. The average molecular weight is 293 g/mol. The Bertz CT molecular complexity index is 538. The maximum atomic E-state index is 12.4. The van der Waals surface area contributed by atoms with Crippen molar-refractivity contribution < 1.29 is 14.7 Å². The highest BCUT2D eigenvalue weighted by Gasteiger charge is 2.48. The predicted molar refractivity (Wildman–Crippen MR) is 77.2 cm³/mol. The van der Waals surface area contributed by atoms with E-state index < -0.39 is 11.5 Å². The summed E-state index contributed by atoms with van der Waals surface area (Å²) in [6.45, 7) is 1.62. The zero-order chi connectivity index (χ0) is 14.3. The molecule has 1 aromatic rings. The van der Waals surface area contributed by atoms with Crippen molar-refractivity contribution in [3.63, 3.8) is 0 Å². The Morgan fingerprint density at radius 3 is 2.65 bits per heavy atom. The second-order valence-corrected chi connectivity index (χ2v) is 7.14. The van der Waals surface area contributed by atoms with Gasteiger partial charge in [-0.3, -0.25) is 4.79 Å². The fourth-order valence-corrected chi connectivity index (χ4v) is 4.04. The highest BCUT2D eigenvalue weighted by Crippen LogP contribution is 2.40. The number of carboxylic acids is 1. The van der Waals surface area contributed by atoms with Gasteiger partial charge in [0.15, 0.2) is 0 Å². The van der Waals surface area contributed by atoms with Gasteiger partial charge in [-0.2, -0.15) is 0 Å². The lowest BCUT2D eigenvalue weighted by Gasteiger charge is -2.25. The summed E-state index contributed by atoms with van der Waals surface area (Å²) in [5.74, 6) is -1.10. The van der Waals surface area contributed by atoms with E-state index in [-0.39, 0.29) is 11.8 Å². The van der Waals surface area contributed by atoms with Gasteiger partial charge in [0.25, 0.3) is 5.91 Å². The summed E-state index contributed by atoms with van der Waals surface area (Å²) < 4.78 is 0. The lowest BCUT2D eigenvalue weighted by molar-refractivity contribution is -0.144. The molecule has 0 spiro atoms. The van der Waals surface area contributed by atoms with E-state index in [1.807, 2.05) is 6.07 Å². The van der Waals surface area contributed by atoms with Crippen LogP contribution in [-0.4, -0.2) is 22.5 Å². The minimum atomic E-state index is -1.12. The van der Waals surface area contributed by atoms with Crippen LogP contribution in [0, 0.1) is 5.92 Å². The normalized spacial score (nSPS) is 20.9. The minimum absolute atomic E-state index is 0.0681. The first-order valence-electron chi connectivity index (χ1n) is 7.18. The standard InChI is InChI=1S/C15H19NO3S/c1-15(14(18)19,10-6-7-10)16-13(17)12-8-9-4-2-3-5-11(9)20-12/h8,10H,2-7H2,1H3,(H,16,17)(H,18,19). The molecule has 0 bridgehead atoms. The number of hydrogen-bond donors (Lipinski definition) is 2. The van der Waals surface area contributed by atoms with Crippen LogP contribution in [0.5, 0.6) is 0 Å². The molecule has 1 heterocycles. The predicted octanol–water partition coefficient (Wildman–Crippen LogP) is 2.61. The molecule has 2 aliphatic carbocycles. The SMILES string of the molecule is CC(NC(=O)c1cc2c(s1)CCCC2)(C(=O)O)C1CC1. The molecule has 0 aromatic carbocycles. The Morgan fingerprint density at radius 2 is 2.05 bits per heavy atom. The van der Waals surface area contributed by atoms with E-state index in [1.165, 1.54) is 34.6 Å². The van der Waals surface area contributed by atoms with Crippen LogP contribution in [0.4, 0.5) is 0 Å². The first-order chi connectivity index (χ1) is 9.50. The summed E-state index contributed by atoms with van der Waals surface area (Å²) in [5, 5.41) is 12.1. The average Bonchev–Trinajstić information content (AvgIpc) is 3.17. The number of aryl methyl sites for hydroxylation is 2. The van der Waals surface area contributed by atoms with Crippen LogP contribution in [-0.2, 0) is 17.6 Å². The molecule has 108 valence electrons. The number of aliphatic carboxylic acids is 1. The van der Waals surface area contributed by atoms with Gasteiger partial charge in [0, 0.05) is 4.88 Å². The topological polar surface area (TPSA) is 66.4 Å². The van der Waals surface area contributed by atoms with Gasteiger partial charge >= 0.3 is 5.97 Å². The fraction of sp³-hybridized carbons (Fsp3) is 0.600. The molecule has 1 aromatic heterocycles. The third-order valence-corrected chi connectivity index (χ3v) is 5.67. The molecular formula is C15H19NO3S. The molecule has 20 heavy (non-hydrogen) atoms. The number of carbonyl (C=O) groups excluding carboxylic acids is 1. The van der Waals surface area contributed by atoms with Crippen molar-refractivity contribution in [3.05, 3.63) is 21.4 Å². The van der Waals surface area contributed by atoms with Gasteiger partial charge in [0.05, 0.1) is 4.88 Å². The third kappa shape index (κ3) is 2.35. The zero-order valence-electron chi connectivity index (χ0n) is 11.6. The van der Waals surface area contributed by atoms with E-state index >= 15 is 0 Å². The molecule has 1 fully saturated rings. The maximum absolute atomic E-state index is 12.4. The first kappa shape index (κ1) is 13.6. The van der Waals surface area contributed by atoms with E-state index in [1.54, 1.807) is 6.92 Å². The monoisotopic (exact) mass is 293 g/mol. The van der Waals surface area contributed by atoms with Crippen molar-refractivity contribution in [2.75, 3.05) is 0 Å². The molecule has 0 aliphatic heterocycles. The Balaban J connectivity index is 1.78. The van der Waals surface area contributed by atoms with Gasteiger partial charge in [-0.15, -0.1) is 11.3 Å². The summed E-state index contributed by atoms with van der Waals surface area (Å²) in [5.41, 5.74) is 0.150. The molecule has 0 radical (unpaired) electrons. The molecule has 0 saturated heterocycles. The zero-order valence-corrected chi connectivity index (χ0v) is 12.4. The lowest BCUT2D eigenvalue weighted by Crippen LogP contribution is -2.53. The van der Waals surface area contributed by atoms with Crippen molar-refractivity contribution in [2.24, 2.45) is 5.92 Å². The Kier molecular flexibility index (Phi) is 3.32. The summed E-state index contributed by atoms with van der Waals surface area (Å²) >= 11 is 1.52. The van der Waals surface area contributed by atoms with Crippen molar-refractivity contribution >= 4 is 23.2 Å². The van der Waals surface area contributed by atoms with E-state index in [0.29, 0.717) is 4.88 Å². The van der Waals surface area contributed by atoms with Gasteiger partial charge in [-0.05, 0) is 63.0 Å². The smallest absolute Gasteiger partial charge is 0.329 e. The van der Waals surface area contributed by atoms with Crippen LogP contribution in [0.1, 0.15) is 52.7 Å². The minimum Gasteiger partial charge on any atom is -0.480 e. The summed E-state index contributed by atoms with van der Waals surface area (Å²) in [6, 6.07) is 1.95. The number of thiophene rings is 1. The number of carboxylic acid groups (broad SMARTS) is 1. The number of rotatable bonds is 4. The highest BCUT2D eigenvalue weighted by atomic mass is 32.1. The fourth-order valence-electron chi connectivity index (χ4n) is 2.89. The molecule has 5 heteroatoms. The van der Waals surface area contributed by atoms with Crippen LogP contribution in [0.3, 0.4) is 0 Å². The van der Waals surface area contributed by atoms with Crippen molar-refractivity contribution in [2.45, 2.75) is 51.0 Å². The number of nitrogens with one attached hydrogen (secondary N) is 1. The Labute approximate surface area is 122 Å². The molecule has 1 atom stereocenters. The van der Waals surface area contributed by atoms with E-state index in [2.05, 4.69) is 5.32 Å². The third-order valence-electron chi connectivity index (χ3n) is 4.43. The molecule has 1 saturated carbocycles. The molecule has 1 unspecified atom stereocenters. The van der Waals surface area contributed by atoms with Crippen LogP contribution in [0.25, 0.3) is 0 Å². The van der Waals surface area contributed by atoms with Crippen LogP contribution < -0.4 is 5.32 Å². The van der Waals surface area contributed by atoms with Gasteiger partial charge < -0.3 is 10.4 Å². The summed E-state index contributed by atoms with van der Waals surface area (Å²) in [4.78, 5) is 25.8. The quantitative estimate of drug-likeness (QED) is 0.896. The summed E-state index contributed by atoms with van der Waals surface area (Å²) in [7, 11) is 0. The second-order valence-electron chi connectivity index (χ2n) is 6.00. The van der Waals surface area contributed by atoms with Crippen molar-refractivity contribution in [1.82, 2.24) is 5.32 Å². The number of fused-ring (bicyclic) bond motifs is 1. The van der Waals surface area contributed by atoms with E-state index in [4.69, 9.17) is 0 Å². The van der Waals surface area contributed by atoms with Crippen molar-refractivity contribution in [1.29, 1.82) is 0 Å². The lowest BCUT2D eigenvalue weighted by atomic mass is 9.95. The molecule has 4 nitrogen and oxygen atoms in total. The van der Waals surface area contributed by atoms with Crippen LogP contribution >= 0.6 is 11.3 Å². The van der Waals surface area contributed by atoms with E-state index in [9.17, 15) is 14.7 Å². The largest absolute Gasteiger partial charge is 0.480 e. The van der Waals surface area contributed by atoms with Crippen molar-refractivity contribution in [3.8, 4) is 0 Å². The van der Waals surface area contributed by atoms with E-state index in [0.717, 1.165) is 25.7 Å². The molecule has 3 rings (SSSR count). The van der Waals surface area contributed by atoms with Crippen LogP contribution in [0.15, 0.2) is 6.07 Å². The second kappa shape index (κ2) is 4.88. The number of carbonyl (C=O) groups is 2. The Morgan fingerprint density at radius 1 is 1.35 bits per heavy atom. The summed E-state index contributed by atoms with van der Waals surface area (Å²) in [6.07, 6.45) is 6.21. The highest BCUT2D eigenvalue weighted by molar-refractivity contribution is 7.14. The van der Waals surface area contributed by atoms with Gasteiger partial charge in [0.1, 0.15) is 5.54 Å². The first-order valence-corrected chi connectivity index (χ1v) is 8.00. The van der Waals surface area contributed by atoms with Gasteiger partial charge in [0.2, 0.25) is 0 Å². The van der Waals surface area contributed by atoms with Gasteiger partial charge in [-0.1, -0.05) is 0 Å². The molecule has 2 aliphatic rings. The molecular weight excluding hydrogens is 274 g/mol. The number of amides is 1. The van der Waals surface area contributed by atoms with Gasteiger partial charge in [-0.25, -0.2) is 4.79 Å².